The zero-order valence-corrected chi connectivity index (χ0v) is 37.1. The molecule has 0 bridgehead atoms. The van der Waals surface area contributed by atoms with Crippen LogP contribution in [-0.4, -0.2) is 124 Å². The number of carbonyl (C=O) groups is 4. The van der Waals surface area contributed by atoms with Gasteiger partial charge in [-0.25, -0.2) is 0 Å². The van der Waals surface area contributed by atoms with Crippen LogP contribution < -0.4 is 30.6 Å². The molecule has 17 nitrogen and oxygen atoms in total. The first-order chi connectivity index (χ1) is 30.5. The van der Waals surface area contributed by atoms with Gasteiger partial charge in [0.1, 0.15) is 35.2 Å². The Kier molecular flexibility index (Phi) is 12.2. The molecule has 3 aromatic carbocycles. The van der Waals surface area contributed by atoms with Crippen molar-refractivity contribution < 1.29 is 33.8 Å². The molecular formula is C46H52ClN9O8. The number of rotatable bonds is 11. The smallest absolute Gasteiger partial charge is 0.278 e. The van der Waals surface area contributed by atoms with Crippen molar-refractivity contribution in [3.05, 3.63) is 87.2 Å². The molecule has 1 aromatic heterocycles. The number of nitrogens with one attached hydrogen (secondary N) is 2. The highest BCUT2D eigenvalue weighted by atomic mass is 35.5. The molecule has 0 radical (unpaired) electrons. The van der Waals surface area contributed by atoms with Gasteiger partial charge < -0.3 is 29.7 Å². The summed E-state index contributed by atoms with van der Waals surface area (Å²) in [6.07, 6.45) is 0.857. The number of β-amino-alcohol motifs (C(OH)–C–C–N with tert-alkyl or cyclic N) is 1. The van der Waals surface area contributed by atoms with Crippen LogP contribution >= 0.6 is 11.6 Å². The standard InChI is InChI=1S/C46H52ClN9O8/c1-44(2)42(45(3,4)43(44)64-32-10-7-29(25-48)34(47)24-32)50-39(59)28-5-8-30(9-6-28)54-21-19-53(20-22-54)27-46(62)15-17-55(18-16-46)38(58)26-63-31-11-12-35-33(23-31)41(61)56(52-51-35)36-13-14-37(57)49-40(36)60/h5-12,23-24,36,42-43,62H,13-22,26-27H2,1-4H3,(H,50,59)(H,49,57,60)/t36?,42-,43-. The van der Waals surface area contributed by atoms with Gasteiger partial charge >= 0.3 is 0 Å². The maximum atomic E-state index is 13.5. The maximum Gasteiger partial charge on any atom is 0.278 e. The molecule has 64 heavy (non-hydrogen) atoms. The van der Waals surface area contributed by atoms with Gasteiger partial charge in [0.25, 0.3) is 23.3 Å². The number of benzene rings is 3. The minimum Gasteiger partial charge on any atom is -0.489 e. The Morgan fingerprint density at radius 3 is 2.28 bits per heavy atom. The summed E-state index contributed by atoms with van der Waals surface area (Å²) < 4.78 is 13.1. The Morgan fingerprint density at radius 2 is 1.62 bits per heavy atom. The van der Waals surface area contributed by atoms with E-state index >= 15 is 0 Å². The van der Waals surface area contributed by atoms with E-state index in [0.717, 1.165) is 36.5 Å². The van der Waals surface area contributed by atoms with Crippen LogP contribution in [0.2, 0.25) is 5.02 Å². The molecule has 3 N–H and O–H groups in total. The molecule has 4 aliphatic rings. The van der Waals surface area contributed by atoms with Gasteiger partial charge in [-0.1, -0.05) is 44.5 Å². The summed E-state index contributed by atoms with van der Waals surface area (Å²) in [6.45, 7) is 12.3. The number of hydrogen-bond donors (Lipinski definition) is 3. The number of nitriles is 1. The number of aliphatic hydroxyl groups is 1. The van der Waals surface area contributed by atoms with Crippen LogP contribution in [0.5, 0.6) is 11.5 Å². The topological polar surface area (TPSA) is 212 Å². The number of aromatic nitrogens is 3. The monoisotopic (exact) mass is 893 g/mol. The van der Waals surface area contributed by atoms with E-state index in [-0.39, 0.29) is 65.4 Å². The molecule has 0 spiro atoms. The van der Waals surface area contributed by atoms with Crippen molar-refractivity contribution in [3.8, 4) is 17.6 Å². The molecule has 336 valence electrons. The minimum atomic E-state index is -0.955. The third kappa shape index (κ3) is 8.86. The lowest BCUT2D eigenvalue weighted by atomic mass is 9.49. The van der Waals surface area contributed by atoms with Crippen molar-refractivity contribution >= 4 is 51.8 Å². The summed E-state index contributed by atoms with van der Waals surface area (Å²) in [6, 6.07) is 18.3. The summed E-state index contributed by atoms with van der Waals surface area (Å²) in [5.41, 5.74) is 0.0104. The number of anilines is 1. The minimum absolute atomic E-state index is 0.0833. The van der Waals surface area contributed by atoms with Crippen LogP contribution in [0.15, 0.2) is 65.5 Å². The number of ether oxygens (including phenoxy) is 2. The molecule has 8 rings (SSSR count). The second-order valence-electron chi connectivity index (χ2n) is 18.5. The largest absolute Gasteiger partial charge is 0.489 e. The molecule has 1 aliphatic carbocycles. The molecule has 1 unspecified atom stereocenters. The molecule has 4 amide bonds. The van der Waals surface area contributed by atoms with Gasteiger partial charge in [-0.15, -0.1) is 5.10 Å². The van der Waals surface area contributed by atoms with Crippen LogP contribution in [0.3, 0.4) is 0 Å². The zero-order chi connectivity index (χ0) is 45.6. The normalized spacial score (nSPS) is 22.8. The first-order valence-electron chi connectivity index (χ1n) is 21.6. The predicted molar refractivity (Wildman–Crippen MR) is 236 cm³/mol. The Hall–Kier alpha value is -6.09. The van der Waals surface area contributed by atoms with E-state index in [9.17, 15) is 34.3 Å². The number of likely N-dealkylation sites (tertiary alicyclic amines) is 1. The summed E-state index contributed by atoms with van der Waals surface area (Å²) in [4.78, 5) is 70.1. The van der Waals surface area contributed by atoms with Crippen molar-refractivity contribution in [2.24, 2.45) is 10.8 Å². The van der Waals surface area contributed by atoms with E-state index in [4.69, 9.17) is 21.1 Å². The third-order valence-corrected chi connectivity index (χ3v) is 13.7. The maximum absolute atomic E-state index is 13.5. The highest BCUT2D eigenvalue weighted by molar-refractivity contribution is 6.31. The first kappa shape index (κ1) is 44.5. The number of fused-ring (bicyclic) bond motifs is 1. The van der Waals surface area contributed by atoms with E-state index in [2.05, 4.69) is 64.5 Å². The number of piperidine rings is 2. The van der Waals surface area contributed by atoms with Crippen molar-refractivity contribution in [3.63, 3.8) is 0 Å². The van der Waals surface area contributed by atoms with Crippen LogP contribution in [0.25, 0.3) is 10.9 Å². The molecular weight excluding hydrogens is 842 g/mol. The molecule has 1 atom stereocenters. The Morgan fingerprint density at radius 1 is 0.938 bits per heavy atom. The Labute approximate surface area is 375 Å². The van der Waals surface area contributed by atoms with Gasteiger partial charge in [0.2, 0.25) is 5.91 Å². The zero-order valence-electron chi connectivity index (χ0n) is 36.3. The number of halogens is 1. The fraction of sp³-hybridized carbons (Fsp3) is 0.478. The second kappa shape index (κ2) is 17.5. The summed E-state index contributed by atoms with van der Waals surface area (Å²) in [5, 5.41) is 34.7. The van der Waals surface area contributed by atoms with Gasteiger partial charge in [-0.3, -0.25) is 34.2 Å². The van der Waals surface area contributed by atoms with Crippen LogP contribution in [0.1, 0.15) is 75.3 Å². The highest BCUT2D eigenvalue weighted by Gasteiger charge is 2.64. The average Bonchev–Trinajstić information content (AvgIpc) is 3.27. The fourth-order valence-corrected chi connectivity index (χ4v) is 10.2. The van der Waals surface area contributed by atoms with Crippen molar-refractivity contribution in [1.29, 1.82) is 5.26 Å². The van der Waals surface area contributed by atoms with Crippen LogP contribution in [0.4, 0.5) is 5.69 Å². The molecule has 3 aliphatic heterocycles. The second-order valence-corrected chi connectivity index (χ2v) is 18.9. The number of piperazine rings is 1. The van der Waals surface area contributed by atoms with E-state index in [0.29, 0.717) is 59.9 Å². The van der Waals surface area contributed by atoms with Crippen LogP contribution in [-0.2, 0) is 14.4 Å². The SMILES string of the molecule is CC1(C)[C@H](NC(=O)c2ccc(N3CCN(CC4(O)CCN(C(=O)COc5ccc6nnn(C7CCC(=O)NC7=O)c(=O)c6c5)CC4)CC3)cc2)C(C)(C)[C@H]1Oc1ccc(C#N)c(Cl)c1. The number of nitrogens with zero attached hydrogens (tertiary/aromatic N) is 7. The van der Waals surface area contributed by atoms with E-state index in [1.165, 1.54) is 6.07 Å². The molecule has 4 heterocycles. The van der Waals surface area contributed by atoms with Crippen LogP contribution in [0, 0.1) is 22.2 Å². The van der Waals surface area contributed by atoms with E-state index in [1.54, 1.807) is 35.2 Å². The third-order valence-electron chi connectivity index (χ3n) is 13.4. The summed E-state index contributed by atoms with van der Waals surface area (Å²) in [5.74, 6) is -0.555. The molecule has 4 aromatic rings. The highest BCUT2D eigenvalue weighted by Crippen LogP contribution is 2.55. The Balaban J connectivity index is 0.776. The first-order valence-corrected chi connectivity index (χ1v) is 21.9. The van der Waals surface area contributed by atoms with Crippen molar-refractivity contribution in [2.45, 2.75) is 77.2 Å². The van der Waals surface area contributed by atoms with Gasteiger partial charge in [-0.05, 0) is 73.9 Å². The van der Waals surface area contributed by atoms with E-state index in [1.807, 2.05) is 24.3 Å². The van der Waals surface area contributed by atoms with Crippen molar-refractivity contribution in [1.82, 2.24) is 35.4 Å². The number of carbonyl (C=O) groups excluding carboxylic acids is 4. The summed E-state index contributed by atoms with van der Waals surface area (Å²) >= 11 is 6.25. The lowest BCUT2D eigenvalue weighted by molar-refractivity contribution is -0.164. The quantitative estimate of drug-likeness (QED) is 0.185. The van der Waals surface area contributed by atoms with Gasteiger partial charge in [0.05, 0.1) is 21.6 Å². The number of imide groups is 1. The van der Waals surface area contributed by atoms with Gasteiger partial charge in [0.15, 0.2) is 6.61 Å². The van der Waals surface area contributed by atoms with Gasteiger partial charge in [-0.2, -0.15) is 9.94 Å². The van der Waals surface area contributed by atoms with Crippen molar-refractivity contribution in [2.75, 3.05) is 57.3 Å². The molecule has 4 fully saturated rings. The molecule has 18 heteroatoms. The number of amides is 4. The number of hydrogen-bond acceptors (Lipinski definition) is 13. The van der Waals surface area contributed by atoms with E-state index < -0.39 is 29.0 Å². The lowest BCUT2D eigenvalue weighted by Gasteiger charge is -2.63. The molecule has 1 saturated carbocycles. The molecule has 3 saturated heterocycles. The summed E-state index contributed by atoms with van der Waals surface area (Å²) in [7, 11) is 0. The fourth-order valence-electron chi connectivity index (χ4n) is 10.0. The lowest BCUT2D eigenvalue weighted by Crippen LogP contribution is -2.74. The predicted octanol–water partition coefficient (Wildman–Crippen LogP) is 3.46. The Bertz CT molecular complexity index is 2560. The average molecular weight is 894 g/mol. The van der Waals surface area contributed by atoms with Gasteiger partial charge in [0, 0.05) is 86.4 Å².